The van der Waals surface area contributed by atoms with Gasteiger partial charge in [-0.05, 0) is 31.5 Å². The first-order chi connectivity index (χ1) is 8.78. The van der Waals surface area contributed by atoms with Crippen LogP contribution < -0.4 is 10.6 Å². The quantitative estimate of drug-likeness (QED) is 0.801. The van der Waals surface area contributed by atoms with E-state index in [0.29, 0.717) is 6.54 Å². The van der Waals surface area contributed by atoms with Gasteiger partial charge in [-0.25, -0.2) is 0 Å². The van der Waals surface area contributed by atoms with Crippen molar-refractivity contribution < 1.29 is 9.53 Å². The lowest BCUT2D eigenvalue weighted by Crippen LogP contribution is -2.40. The largest absolute Gasteiger partial charge is 0.381 e. The van der Waals surface area contributed by atoms with E-state index in [9.17, 15) is 4.79 Å². The predicted molar refractivity (Wildman–Crippen MR) is 69.2 cm³/mol. The Kier molecular flexibility index (Phi) is 4.78. The number of carbonyl (C=O) groups excluding carboxylic acids is 1. The van der Waals surface area contributed by atoms with Crippen molar-refractivity contribution >= 4 is 5.91 Å². The molecule has 0 aromatic carbocycles. The zero-order valence-corrected chi connectivity index (χ0v) is 10.8. The summed E-state index contributed by atoms with van der Waals surface area (Å²) < 4.78 is 7.18. The maximum atomic E-state index is 11.9. The van der Waals surface area contributed by atoms with E-state index in [2.05, 4.69) is 10.6 Å². The van der Waals surface area contributed by atoms with Gasteiger partial charge in [-0.3, -0.25) is 4.79 Å². The van der Waals surface area contributed by atoms with E-state index in [1.54, 1.807) is 0 Å². The molecule has 0 bridgehead atoms. The molecule has 5 nitrogen and oxygen atoms in total. The third kappa shape index (κ3) is 3.85. The second kappa shape index (κ2) is 6.56. The van der Waals surface area contributed by atoms with E-state index in [-0.39, 0.29) is 11.9 Å². The normalized spacial score (nSPS) is 16.7. The summed E-state index contributed by atoms with van der Waals surface area (Å²) in [4.78, 5) is 11.9. The van der Waals surface area contributed by atoms with Crippen LogP contribution in [0.1, 0.15) is 18.4 Å². The highest BCUT2D eigenvalue weighted by molar-refractivity contribution is 5.76. The molecule has 1 saturated heterocycles. The molecular formula is C13H21N3O2. The van der Waals surface area contributed by atoms with Gasteiger partial charge in [-0.15, -0.1) is 0 Å². The van der Waals surface area contributed by atoms with Crippen LogP contribution in [0, 0.1) is 0 Å². The molecule has 0 aliphatic carbocycles. The Morgan fingerprint density at radius 1 is 1.50 bits per heavy atom. The zero-order valence-electron chi connectivity index (χ0n) is 10.8. The van der Waals surface area contributed by atoms with Crippen molar-refractivity contribution in [2.45, 2.75) is 32.0 Å². The summed E-state index contributed by atoms with van der Waals surface area (Å²) >= 11 is 0. The third-order valence-electron chi connectivity index (χ3n) is 3.11. The van der Waals surface area contributed by atoms with Crippen LogP contribution in [0.2, 0.25) is 0 Å². The summed E-state index contributed by atoms with van der Waals surface area (Å²) in [7, 11) is 1.91. The Balaban J connectivity index is 1.78. The van der Waals surface area contributed by atoms with E-state index in [0.717, 1.165) is 32.6 Å². The van der Waals surface area contributed by atoms with E-state index in [4.69, 9.17) is 4.74 Å². The van der Waals surface area contributed by atoms with Gasteiger partial charge in [0.25, 0.3) is 0 Å². The molecule has 0 spiro atoms. The van der Waals surface area contributed by atoms with E-state index < -0.39 is 0 Å². The van der Waals surface area contributed by atoms with Gasteiger partial charge in [0.2, 0.25) is 5.91 Å². The molecule has 1 amide bonds. The summed E-state index contributed by atoms with van der Waals surface area (Å²) in [5.41, 5.74) is 1.19. The first kappa shape index (κ1) is 13.1. The van der Waals surface area contributed by atoms with Crippen LogP contribution in [0.4, 0.5) is 0 Å². The third-order valence-corrected chi connectivity index (χ3v) is 3.11. The first-order valence-corrected chi connectivity index (χ1v) is 6.44. The molecule has 1 aromatic heterocycles. The van der Waals surface area contributed by atoms with Crippen LogP contribution in [0.15, 0.2) is 18.5 Å². The molecule has 2 heterocycles. The molecule has 0 radical (unpaired) electrons. The molecule has 100 valence electrons. The minimum Gasteiger partial charge on any atom is -0.381 e. The highest BCUT2D eigenvalue weighted by Crippen LogP contribution is 2.06. The predicted octanol–water partition coefficient (Wildman–Crippen LogP) is 0.503. The van der Waals surface area contributed by atoms with Crippen LogP contribution in [-0.2, 0) is 22.6 Å². The number of nitrogens with zero attached hydrogens (tertiary/aromatic N) is 1. The Morgan fingerprint density at radius 3 is 3.00 bits per heavy atom. The zero-order chi connectivity index (χ0) is 12.8. The number of amides is 1. The summed E-state index contributed by atoms with van der Waals surface area (Å²) in [6.45, 7) is 2.72. The van der Waals surface area contributed by atoms with E-state index >= 15 is 0 Å². The Hall–Kier alpha value is -1.33. The van der Waals surface area contributed by atoms with Gasteiger partial charge in [-0.1, -0.05) is 0 Å². The topological polar surface area (TPSA) is 55.3 Å². The van der Waals surface area contributed by atoms with Gasteiger partial charge in [0.1, 0.15) is 6.54 Å². The van der Waals surface area contributed by atoms with Crippen molar-refractivity contribution in [1.82, 2.24) is 15.2 Å². The molecular weight excluding hydrogens is 230 g/mol. The minimum atomic E-state index is 0.0773. The van der Waals surface area contributed by atoms with E-state index in [1.807, 2.05) is 30.1 Å². The first-order valence-electron chi connectivity index (χ1n) is 6.44. The lowest BCUT2D eigenvalue weighted by molar-refractivity contribution is -0.122. The molecule has 0 unspecified atom stereocenters. The average molecular weight is 251 g/mol. The Morgan fingerprint density at radius 2 is 2.28 bits per heavy atom. The Labute approximate surface area is 108 Å². The maximum absolute atomic E-state index is 11.9. The van der Waals surface area contributed by atoms with Crippen LogP contribution in [0.3, 0.4) is 0 Å². The molecule has 1 aliphatic heterocycles. The number of hydrogen-bond acceptors (Lipinski definition) is 3. The number of hydrogen-bond donors (Lipinski definition) is 2. The molecule has 5 heteroatoms. The lowest BCUT2D eigenvalue weighted by Gasteiger charge is -2.23. The fraction of sp³-hybridized carbons (Fsp3) is 0.615. The maximum Gasteiger partial charge on any atom is 0.240 e. The molecule has 18 heavy (non-hydrogen) atoms. The molecule has 0 saturated carbocycles. The van der Waals surface area contributed by atoms with Crippen LogP contribution in [-0.4, -0.2) is 36.8 Å². The number of ether oxygens (including phenoxy) is 1. The molecule has 1 fully saturated rings. The molecule has 2 N–H and O–H groups in total. The highest BCUT2D eigenvalue weighted by Gasteiger charge is 2.15. The number of aromatic nitrogens is 1. The van der Waals surface area contributed by atoms with Crippen LogP contribution in [0.25, 0.3) is 0 Å². The average Bonchev–Trinajstić information content (AvgIpc) is 2.78. The summed E-state index contributed by atoms with van der Waals surface area (Å²) in [5, 5.41) is 6.14. The second-order valence-corrected chi connectivity index (χ2v) is 4.68. The fourth-order valence-corrected chi connectivity index (χ4v) is 2.18. The highest BCUT2D eigenvalue weighted by atomic mass is 16.5. The Bertz CT molecular complexity index is 383. The van der Waals surface area contributed by atoms with Gasteiger partial charge in [-0.2, -0.15) is 0 Å². The van der Waals surface area contributed by atoms with Gasteiger partial charge in [0.05, 0.1) is 0 Å². The number of rotatable bonds is 5. The molecule has 0 atom stereocenters. The summed E-state index contributed by atoms with van der Waals surface area (Å²) in [6, 6.07) is 2.30. The van der Waals surface area contributed by atoms with Crippen molar-refractivity contribution in [2.24, 2.45) is 0 Å². The minimum absolute atomic E-state index is 0.0773. The van der Waals surface area contributed by atoms with Gasteiger partial charge < -0.3 is 19.9 Å². The molecule has 1 aromatic rings. The second-order valence-electron chi connectivity index (χ2n) is 4.68. The number of nitrogens with one attached hydrogen (secondary N) is 2. The van der Waals surface area contributed by atoms with Crippen molar-refractivity contribution in [3.8, 4) is 0 Å². The molecule has 1 aliphatic rings. The van der Waals surface area contributed by atoms with Crippen molar-refractivity contribution in [1.29, 1.82) is 0 Å². The smallest absolute Gasteiger partial charge is 0.240 e. The lowest BCUT2D eigenvalue weighted by atomic mass is 10.1. The van der Waals surface area contributed by atoms with Crippen molar-refractivity contribution in [2.75, 3.05) is 20.3 Å². The standard InChI is InChI=1S/C13H21N3O2/c1-14-8-11-2-5-16(9-11)10-13(17)15-12-3-6-18-7-4-12/h2,5,9,12,14H,3-4,6-8,10H2,1H3,(H,15,17). The van der Waals surface area contributed by atoms with Gasteiger partial charge in [0.15, 0.2) is 0 Å². The number of carbonyl (C=O) groups is 1. The fourth-order valence-electron chi connectivity index (χ4n) is 2.18. The van der Waals surface area contributed by atoms with E-state index in [1.165, 1.54) is 5.56 Å². The van der Waals surface area contributed by atoms with Crippen LogP contribution in [0.5, 0.6) is 0 Å². The molecule has 2 rings (SSSR count). The van der Waals surface area contributed by atoms with Gasteiger partial charge in [0, 0.05) is 38.2 Å². The van der Waals surface area contributed by atoms with Crippen LogP contribution >= 0.6 is 0 Å². The van der Waals surface area contributed by atoms with Gasteiger partial charge >= 0.3 is 0 Å². The summed E-state index contributed by atoms with van der Waals surface area (Å²) in [6.07, 6.45) is 5.78. The summed E-state index contributed by atoms with van der Waals surface area (Å²) in [5.74, 6) is 0.0773. The van der Waals surface area contributed by atoms with Crippen molar-refractivity contribution in [3.05, 3.63) is 24.0 Å². The monoisotopic (exact) mass is 251 g/mol. The SMILES string of the molecule is CNCc1ccn(CC(=O)NC2CCOCC2)c1. The van der Waals surface area contributed by atoms with Crippen molar-refractivity contribution in [3.63, 3.8) is 0 Å².